The quantitative estimate of drug-likeness (QED) is 0.443. The van der Waals surface area contributed by atoms with Gasteiger partial charge in [0.05, 0.1) is 5.60 Å². The zero-order chi connectivity index (χ0) is 14.7. The van der Waals surface area contributed by atoms with Crippen LogP contribution in [-0.4, -0.2) is 29.0 Å². The van der Waals surface area contributed by atoms with Gasteiger partial charge >= 0.3 is 6.03 Å². The van der Waals surface area contributed by atoms with E-state index in [0.717, 1.165) is 6.42 Å². The lowest BCUT2D eigenvalue weighted by Gasteiger charge is -2.34. The molecule has 0 aromatic rings. The van der Waals surface area contributed by atoms with Gasteiger partial charge in [0.15, 0.2) is 0 Å². The molecule has 1 heterocycles. The van der Waals surface area contributed by atoms with Gasteiger partial charge in [0.25, 0.3) is 17.4 Å². The van der Waals surface area contributed by atoms with Gasteiger partial charge < -0.3 is 0 Å². The maximum absolute atomic E-state index is 12.0. The third kappa shape index (κ3) is 3.74. The summed E-state index contributed by atoms with van der Waals surface area (Å²) in [5, 5.41) is 4.06. The van der Waals surface area contributed by atoms with Crippen molar-refractivity contribution < 1.29 is 24.2 Å². The minimum absolute atomic E-state index is 0.143. The Balaban J connectivity index is 2.94. The number of unbranched alkanes of at least 4 members (excludes halogenated alkanes) is 1. The van der Waals surface area contributed by atoms with Crippen molar-refractivity contribution in [1.29, 1.82) is 0 Å². The summed E-state index contributed by atoms with van der Waals surface area (Å²) in [7, 11) is 0. The topological polar surface area (TPSA) is 93.7 Å². The van der Waals surface area contributed by atoms with Crippen molar-refractivity contribution in [1.82, 2.24) is 10.6 Å². The molecule has 19 heavy (non-hydrogen) atoms. The highest BCUT2D eigenvalue weighted by Crippen LogP contribution is 2.25. The predicted molar refractivity (Wildman–Crippen MR) is 65.9 cm³/mol. The highest BCUT2D eigenvalue weighted by Gasteiger charge is 2.53. The first kappa shape index (κ1) is 15.6. The van der Waals surface area contributed by atoms with Gasteiger partial charge in [-0.2, -0.15) is 0 Å². The first-order valence-electron chi connectivity index (χ1n) is 6.25. The number of nitrogens with one attached hydrogen (secondary N) is 2. The number of carbonyl (C=O) groups excluding carboxylic acids is 3. The van der Waals surface area contributed by atoms with Crippen LogP contribution in [-0.2, 0) is 19.4 Å². The first-order chi connectivity index (χ1) is 8.71. The Labute approximate surface area is 111 Å². The fraction of sp³-hybridized carbons (Fsp3) is 0.750. The van der Waals surface area contributed by atoms with Gasteiger partial charge in [0.2, 0.25) is 0 Å². The van der Waals surface area contributed by atoms with Crippen molar-refractivity contribution in [2.75, 3.05) is 0 Å². The Hall–Kier alpha value is -1.47. The van der Waals surface area contributed by atoms with E-state index in [1.165, 1.54) is 0 Å². The molecule has 0 unspecified atom stereocenters. The second-order valence-electron chi connectivity index (χ2n) is 5.45. The molecule has 0 radical (unpaired) electrons. The summed E-state index contributed by atoms with van der Waals surface area (Å²) >= 11 is 0. The molecule has 7 nitrogen and oxygen atoms in total. The van der Waals surface area contributed by atoms with Crippen molar-refractivity contribution in [3.05, 3.63) is 0 Å². The van der Waals surface area contributed by atoms with E-state index >= 15 is 0 Å². The smallest absolute Gasteiger partial charge is 0.275 e. The van der Waals surface area contributed by atoms with Crippen molar-refractivity contribution in [3.63, 3.8) is 0 Å². The molecule has 2 N–H and O–H groups in total. The van der Waals surface area contributed by atoms with Crippen LogP contribution in [0.25, 0.3) is 0 Å². The number of carbonyl (C=O) groups is 3. The summed E-state index contributed by atoms with van der Waals surface area (Å²) in [6.07, 6.45) is 1.50. The van der Waals surface area contributed by atoms with Crippen molar-refractivity contribution in [2.45, 2.75) is 58.2 Å². The third-order valence-corrected chi connectivity index (χ3v) is 2.50. The maximum atomic E-state index is 12.0. The van der Waals surface area contributed by atoms with Crippen LogP contribution in [0.2, 0.25) is 0 Å². The Bertz CT molecular complexity index is 366. The largest absolute Gasteiger partial charge is 0.328 e. The van der Waals surface area contributed by atoms with E-state index in [-0.39, 0.29) is 6.42 Å². The molecule has 0 bridgehead atoms. The van der Waals surface area contributed by atoms with Crippen LogP contribution in [0, 0.1) is 0 Å². The number of amides is 4. The van der Waals surface area contributed by atoms with Gasteiger partial charge in [-0.1, -0.05) is 13.3 Å². The van der Waals surface area contributed by atoms with Gasteiger partial charge in [0, 0.05) is 0 Å². The predicted octanol–water partition coefficient (Wildman–Crippen LogP) is 1.03. The molecule has 1 aliphatic rings. The Kier molecular flexibility index (Phi) is 4.65. The van der Waals surface area contributed by atoms with Gasteiger partial charge in [-0.25, -0.2) is 14.6 Å². The molecule has 0 aliphatic carbocycles. The molecular formula is C12H20N2O5. The molecular weight excluding hydrogens is 252 g/mol. The zero-order valence-electron chi connectivity index (χ0n) is 11.7. The zero-order valence-corrected chi connectivity index (χ0v) is 11.7. The normalized spacial score (nSPS) is 19.1. The Morgan fingerprint density at radius 1 is 1.11 bits per heavy atom. The second kappa shape index (κ2) is 5.66. The highest BCUT2D eigenvalue weighted by molar-refractivity contribution is 6.21. The standard InChI is InChI=1S/C12H20N2O5/c1-5-6-7-12(19-18-11(2,3)4)8(15)13-10(17)14-9(12)16/h5-7H2,1-4H3,(H2,13,14,15,16,17). The third-order valence-electron chi connectivity index (χ3n) is 2.50. The van der Waals surface area contributed by atoms with Crippen LogP contribution in [0.3, 0.4) is 0 Å². The minimum atomic E-state index is -1.81. The summed E-state index contributed by atoms with van der Waals surface area (Å²) in [6.45, 7) is 7.10. The average molecular weight is 272 g/mol. The lowest BCUT2D eigenvalue weighted by Crippen LogP contribution is -2.68. The second-order valence-corrected chi connectivity index (χ2v) is 5.45. The van der Waals surface area contributed by atoms with Gasteiger partial charge in [-0.3, -0.25) is 20.2 Å². The van der Waals surface area contributed by atoms with Crippen molar-refractivity contribution in [2.24, 2.45) is 0 Å². The summed E-state index contributed by atoms with van der Waals surface area (Å²) in [5.41, 5.74) is -2.49. The van der Waals surface area contributed by atoms with Crippen LogP contribution < -0.4 is 10.6 Å². The summed E-state index contributed by atoms with van der Waals surface area (Å²) in [5.74, 6) is -1.59. The molecule has 0 spiro atoms. The molecule has 1 fully saturated rings. The van der Waals surface area contributed by atoms with Crippen LogP contribution in [0.5, 0.6) is 0 Å². The fourth-order valence-corrected chi connectivity index (χ4v) is 1.51. The average Bonchev–Trinajstić information content (AvgIpc) is 2.26. The van der Waals surface area contributed by atoms with Crippen LogP contribution in [0.4, 0.5) is 4.79 Å². The fourth-order valence-electron chi connectivity index (χ4n) is 1.51. The highest BCUT2D eigenvalue weighted by atomic mass is 17.2. The number of barbiturate groups is 1. The van der Waals surface area contributed by atoms with Gasteiger partial charge in [0.1, 0.15) is 0 Å². The first-order valence-corrected chi connectivity index (χ1v) is 6.25. The number of hydrogen-bond acceptors (Lipinski definition) is 5. The van der Waals surface area contributed by atoms with E-state index in [1.54, 1.807) is 20.8 Å². The molecule has 1 rings (SSSR count). The molecule has 4 amide bonds. The van der Waals surface area contributed by atoms with E-state index in [1.807, 2.05) is 17.6 Å². The molecule has 1 saturated heterocycles. The summed E-state index contributed by atoms with van der Waals surface area (Å²) < 4.78 is 0. The van der Waals surface area contributed by atoms with E-state index in [2.05, 4.69) is 0 Å². The van der Waals surface area contributed by atoms with E-state index < -0.39 is 29.0 Å². The summed E-state index contributed by atoms with van der Waals surface area (Å²) in [6, 6.07) is -0.846. The molecule has 0 saturated carbocycles. The Morgan fingerprint density at radius 3 is 2.05 bits per heavy atom. The summed E-state index contributed by atoms with van der Waals surface area (Å²) in [4.78, 5) is 45.3. The monoisotopic (exact) mass is 272 g/mol. The molecule has 7 heteroatoms. The van der Waals surface area contributed by atoms with Crippen LogP contribution in [0.15, 0.2) is 0 Å². The Morgan fingerprint density at radius 2 is 1.63 bits per heavy atom. The van der Waals surface area contributed by atoms with Crippen molar-refractivity contribution >= 4 is 17.8 Å². The van der Waals surface area contributed by atoms with Gasteiger partial charge in [-0.15, -0.1) is 0 Å². The number of rotatable bonds is 5. The molecule has 0 aromatic heterocycles. The number of imide groups is 2. The molecule has 0 atom stereocenters. The maximum Gasteiger partial charge on any atom is 0.328 e. The van der Waals surface area contributed by atoms with Crippen LogP contribution >= 0.6 is 0 Å². The number of hydrogen-bond donors (Lipinski definition) is 2. The molecule has 108 valence electrons. The van der Waals surface area contributed by atoms with E-state index in [4.69, 9.17) is 9.78 Å². The van der Waals surface area contributed by atoms with Crippen LogP contribution in [0.1, 0.15) is 47.0 Å². The van der Waals surface area contributed by atoms with Crippen molar-refractivity contribution in [3.8, 4) is 0 Å². The number of urea groups is 1. The SMILES string of the molecule is CCCCC1(OOC(C)(C)C)C(=O)NC(=O)NC1=O. The molecule has 1 aliphatic heterocycles. The van der Waals surface area contributed by atoms with E-state index in [9.17, 15) is 14.4 Å². The molecule has 0 aromatic carbocycles. The van der Waals surface area contributed by atoms with E-state index in [0.29, 0.717) is 6.42 Å². The lowest BCUT2D eigenvalue weighted by atomic mass is 9.93. The van der Waals surface area contributed by atoms with Gasteiger partial charge in [-0.05, 0) is 33.6 Å². The minimum Gasteiger partial charge on any atom is -0.275 e. The lowest BCUT2D eigenvalue weighted by molar-refractivity contribution is -0.385.